The van der Waals surface area contributed by atoms with E-state index in [4.69, 9.17) is 11.6 Å². The molecule has 0 amide bonds. The number of halogens is 1. The van der Waals surface area contributed by atoms with E-state index in [1.54, 1.807) is 0 Å². The monoisotopic (exact) mass is 248 g/mol. The molecule has 17 heavy (non-hydrogen) atoms. The molecular formula is C14H17ClN2. The molecule has 2 aromatic rings. The molecule has 2 nitrogen and oxygen atoms in total. The smallest absolute Gasteiger partial charge is 0.0661 e. The molecular weight excluding hydrogens is 232 g/mol. The van der Waals surface area contributed by atoms with E-state index in [1.807, 2.05) is 6.20 Å². The fourth-order valence-electron chi connectivity index (χ4n) is 2.76. The molecule has 3 heteroatoms. The Morgan fingerprint density at radius 1 is 1.29 bits per heavy atom. The summed E-state index contributed by atoms with van der Waals surface area (Å²) in [6.07, 6.45) is 4.46. The number of rotatable bonds is 1. The quantitative estimate of drug-likeness (QED) is 0.820. The third-order valence-corrected chi connectivity index (χ3v) is 4.08. The molecule has 1 aromatic carbocycles. The summed E-state index contributed by atoms with van der Waals surface area (Å²) in [4.78, 5) is 0. The Kier molecular flexibility index (Phi) is 2.85. The minimum Gasteiger partial charge on any atom is -0.349 e. The molecule has 1 fully saturated rings. The third-order valence-electron chi connectivity index (χ3n) is 3.78. The Morgan fingerprint density at radius 3 is 2.82 bits per heavy atom. The second-order valence-corrected chi connectivity index (χ2v) is 5.30. The van der Waals surface area contributed by atoms with Crippen LogP contribution >= 0.6 is 11.6 Å². The summed E-state index contributed by atoms with van der Waals surface area (Å²) in [5.74, 6) is 0.703. The number of nitrogens with zero attached hydrogens (tertiary/aromatic N) is 1. The molecule has 0 spiro atoms. The normalized spacial score (nSPS) is 17.8. The molecule has 0 atom stereocenters. The van der Waals surface area contributed by atoms with E-state index in [9.17, 15) is 0 Å². The Bertz CT molecular complexity index is 538. The summed E-state index contributed by atoms with van der Waals surface area (Å²) in [6, 6.07) is 6.70. The Labute approximate surface area is 107 Å². The van der Waals surface area contributed by atoms with Gasteiger partial charge in [-0.25, -0.2) is 0 Å². The molecule has 0 unspecified atom stereocenters. The minimum absolute atomic E-state index is 0.703. The number of hydrogen-bond acceptors (Lipinski definition) is 1. The summed E-state index contributed by atoms with van der Waals surface area (Å²) in [5.41, 5.74) is 2.70. The molecule has 0 aliphatic carbocycles. The van der Waals surface area contributed by atoms with Crippen LogP contribution in [0.4, 0.5) is 0 Å². The van der Waals surface area contributed by atoms with Gasteiger partial charge in [-0.2, -0.15) is 0 Å². The Balaban J connectivity index is 2.03. The standard InChI is InChI=1S/C14H17ClN2/c1-17-9-13(15)12-3-2-11(8-14(12)17)10-4-6-16-7-5-10/h2-3,8-10,16H,4-7H2,1H3. The van der Waals surface area contributed by atoms with Gasteiger partial charge in [0.05, 0.1) is 5.02 Å². The largest absolute Gasteiger partial charge is 0.349 e. The van der Waals surface area contributed by atoms with Gasteiger partial charge in [-0.05, 0) is 43.5 Å². The number of hydrogen-bond donors (Lipinski definition) is 1. The van der Waals surface area contributed by atoms with Crippen molar-refractivity contribution in [2.75, 3.05) is 13.1 Å². The summed E-state index contributed by atoms with van der Waals surface area (Å²) in [5, 5.41) is 5.42. The second-order valence-electron chi connectivity index (χ2n) is 4.89. The molecule has 90 valence electrons. The maximum absolute atomic E-state index is 6.19. The van der Waals surface area contributed by atoms with Gasteiger partial charge in [0.1, 0.15) is 0 Å². The zero-order valence-electron chi connectivity index (χ0n) is 10.0. The highest BCUT2D eigenvalue weighted by molar-refractivity contribution is 6.35. The first-order valence-electron chi connectivity index (χ1n) is 6.21. The van der Waals surface area contributed by atoms with Crippen molar-refractivity contribution in [3.05, 3.63) is 35.0 Å². The molecule has 1 aliphatic heterocycles. The summed E-state index contributed by atoms with van der Waals surface area (Å²) < 4.78 is 2.11. The van der Waals surface area contributed by atoms with Gasteiger partial charge in [0.25, 0.3) is 0 Å². The maximum atomic E-state index is 6.19. The molecule has 1 aromatic heterocycles. The van der Waals surface area contributed by atoms with Crippen LogP contribution in [-0.4, -0.2) is 17.7 Å². The molecule has 3 rings (SSSR count). The molecule has 0 saturated carbocycles. The lowest BCUT2D eigenvalue weighted by Gasteiger charge is -2.23. The van der Waals surface area contributed by atoms with Crippen LogP contribution in [0.2, 0.25) is 5.02 Å². The van der Waals surface area contributed by atoms with Crippen molar-refractivity contribution >= 4 is 22.5 Å². The fourth-order valence-corrected chi connectivity index (χ4v) is 3.07. The molecule has 2 heterocycles. The average Bonchev–Trinajstić information content (AvgIpc) is 2.66. The van der Waals surface area contributed by atoms with Crippen molar-refractivity contribution in [3.8, 4) is 0 Å². The van der Waals surface area contributed by atoms with Crippen molar-refractivity contribution in [1.82, 2.24) is 9.88 Å². The van der Waals surface area contributed by atoms with Crippen molar-refractivity contribution in [2.45, 2.75) is 18.8 Å². The van der Waals surface area contributed by atoms with E-state index in [2.05, 4.69) is 35.1 Å². The van der Waals surface area contributed by atoms with Gasteiger partial charge in [-0.3, -0.25) is 0 Å². The highest BCUT2D eigenvalue weighted by Crippen LogP contribution is 2.31. The zero-order chi connectivity index (χ0) is 11.8. The molecule has 1 saturated heterocycles. The highest BCUT2D eigenvalue weighted by atomic mass is 35.5. The molecule has 0 bridgehead atoms. The Hall–Kier alpha value is -0.990. The Morgan fingerprint density at radius 2 is 2.06 bits per heavy atom. The third kappa shape index (κ3) is 1.96. The summed E-state index contributed by atoms with van der Waals surface area (Å²) in [6.45, 7) is 2.27. The van der Waals surface area contributed by atoms with E-state index in [1.165, 1.54) is 23.9 Å². The number of nitrogens with one attached hydrogen (secondary N) is 1. The van der Waals surface area contributed by atoms with Crippen LogP contribution in [-0.2, 0) is 7.05 Å². The van der Waals surface area contributed by atoms with Crippen molar-refractivity contribution in [3.63, 3.8) is 0 Å². The number of benzene rings is 1. The minimum atomic E-state index is 0.703. The van der Waals surface area contributed by atoms with Crippen LogP contribution in [0, 0.1) is 0 Å². The van der Waals surface area contributed by atoms with Gasteiger partial charge in [0.15, 0.2) is 0 Å². The lowest BCUT2D eigenvalue weighted by molar-refractivity contribution is 0.460. The van der Waals surface area contributed by atoms with Crippen LogP contribution in [0.15, 0.2) is 24.4 Å². The summed E-state index contributed by atoms with van der Waals surface area (Å²) in [7, 11) is 2.06. The van der Waals surface area contributed by atoms with Gasteiger partial charge in [-0.15, -0.1) is 0 Å². The number of fused-ring (bicyclic) bond motifs is 1. The van der Waals surface area contributed by atoms with Crippen LogP contribution in [0.5, 0.6) is 0 Å². The maximum Gasteiger partial charge on any atom is 0.0661 e. The number of aromatic nitrogens is 1. The van der Waals surface area contributed by atoms with Crippen LogP contribution in [0.25, 0.3) is 10.9 Å². The zero-order valence-corrected chi connectivity index (χ0v) is 10.8. The second kappa shape index (κ2) is 4.35. The van der Waals surface area contributed by atoms with E-state index in [-0.39, 0.29) is 0 Å². The van der Waals surface area contributed by atoms with E-state index in [0.717, 1.165) is 23.5 Å². The summed E-state index contributed by atoms with van der Waals surface area (Å²) >= 11 is 6.19. The van der Waals surface area contributed by atoms with Crippen molar-refractivity contribution < 1.29 is 0 Å². The van der Waals surface area contributed by atoms with Gasteiger partial charge >= 0.3 is 0 Å². The highest BCUT2D eigenvalue weighted by Gasteiger charge is 2.16. The van der Waals surface area contributed by atoms with E-state index in [0.29, 0.717) is 5.92 Å². The van der Waals surface area contributed by atoms with Gasteiger partial charge in [-0.1, -0.05) is 23.7 Å². The number of piperidine rings is 1. The van der Waals surface area contributed by atoms with Crippen LogP contribution in [0.3, 0.4) is 0 Å². The predicted molar refractivity (Wildman–Crippen MR) is 72.8 cm³/mol. The number of aryl methyl sites for hydroxylation is 1. The van der Waals surface area contributed by atoms with Gasteiger partial charge in [0.2, 0.25) is 0 Å². The van der Waals surface area contributed by atoms with E-state index < -0.39 is 0 Å². The topological polar surface area (TPSA) is 17.0 Å². The predicted octanol–water partition coefficient (Wildman–Crippen LogP) is 3.30. The first-order chi connectivity index (χ1) is 8.25. The van der Waals surface area contributed by atoms with Gasteiger partial charge in [0, 0.05) is 24.1 Å². The molecule has 1 aliphatic rings. The van der Waals surface area contributed by atoms with Crippen molar-refractivity contribution in [2.24, 2.45) is 7.05 Å². The lowest BCUT2D eigenvalue weighted by atomic mass is 9.90. The fraction of sp³-hybridized carbons (Fsp3) is 0.429. The van der Waals surface area contributed by atoms with Crippen LogP contribution < -0.4 is 5.32 Å². The van der Waals surface area contributed by atoms with Crippen molar-refractivity contribution in [1.29, 1.82) is 0 Å². The SMILES string of the molecule is Cn1cc(Cl)c2ccc(C3CCNCC3)cc21. The lowest BCUT2D eigenvalue weighted by Crippen LogP contribution is -2.26. The van der Waals surface area contributed by atoms with Gasteiger partial charge < -0.3 is 9.88 Å². The van der Waals surface area contributed by atoms with E-state index >= 15 is 0 Å². The first-order valence-corrected chi connectivity index (χ1v) is 6.58. The molecule has 0 radical (unpaired) electrons. The molecule has 1 N–H and O–H groups in total. The average molecular weight is 249 g/mol. The first kappa shape index (κ1) is 11.1. The van der Waals surface area contributed by atoms with Crippen LogP contribution in [0.1, 0.15) is 24.3 Å².